The van der Waals surface area contributed by atoms with Gasteiger partial charge in [0.1, 0.15) is 5.76 Å². The molecule has 1 heterocycles. The van der Waals surface area contributed by atoms with Gasteiger partial charge in [-0.1, -0.05) is 26.7 Å². The lowest BCUT2D eigenvalue weighted by molar-refractivity contribution is 0.453. The fraction of sp³-hybridized carbons (Fsp3) is 0.769. The van der Waals surface area contributed by atoms with Crippen molar-refractivity contribution in [1.29, 1.82) is 0 Å². The molecule has 1 aliphatic carbocycles. The van der Waals surface area contributed by atoms with Crippen LogP contribution in [0.3, 0.4) is 0 Å². The van der Waals surface area contributed by atoms with Gasteiger partial charge in [0.25, 0.3) is 0 Å². The summed E-state index contributed by atoms with van der Waals surface area (Å²) in [4.78, 5) is 4.33. The SMILES string of the molecule is CC(C)CNCc1ncoc1C1CCCC1. The first-order valence-electron chi connectivity index (χ1n) is 6.40. The van der Waals surface area contributed by atoms with E-state index in [1.807, 2.05) is 0 Å². The van der Waals surface area contributed by atoms with Crippen LogP contribution in [-0.2, 0) is 6.54 Å². The third-order valence-electron chi connectivity index (χ3n) is 3.24. The summed E-state index contributed by atoms with van der Waals surface area (Å²) in [5.41, 5.74) is 1.12. The van der Waals surface area contributed by atoms with Crippen LogP contribution >= 0.6 is 0 Å². The zero-order valence-corrected chi connectivity index (χ0v) is 10.3. The van der Waals surface area contributed by atoms with Crippen molar-refractivity contribution >= 4 is 0 Å². The fourth-order valence-corrected chi connectivity index (χ4v) is 2.41. The van der Waals surface area contributed by atoms with Crippen molar-refractivity contribution in [1.82, 2.24) is 10.3 Å². The van der Waals surface area contributed by atoms with E-state index in [4.69, 9.17) is 4.42 Å². The predicted octanol–water partition coefficient (Wildman–Crippen LogP) is 3.08. The molecule has 1 aromatic heterocycles. The molecule has 1 saturated carbocycles. The van der Waals surface area contributed by atoms with Crippen molar-refractivity contribution < 1.29 is 4.42 Å². The van der Waals surface area contributed by atoms with Crippen LogP contribution < -0.4 is 5.32 Å². The van der Waals surface area contributed by atoms with E-state index in [0.717, 1.165) is 24.5 Å². The van der Waals surface area contributed by atoms with E-state index >= 15 is 0 Å². The lowest BCUT2D eigenvalue weighted by atomic mass is 10.0. The third kappa shape index (κ3) is 2.85. The van der Waals surface area contributed by atoms with Crippen LogP contribution in [0.1, 0.15) is 56.9 Å². The highest BCUT2D eigenvalue weighted by molar-refractivity contribution is 5.13. The highest BCUT2D eigenvalue weighted by Gasteiger charge is 2.23. The number of hydrogen-bond acceptors (Lipinski definition) is 3. The molecule has 0 spiro atoms. The van der Waals surface area contributed by atoms with Crippen molar-refractivity contribution in [3.8, 4) is 0 Å². The average molecular weight is 222 g/mol. The Labute approximate surface area is 97.6 Å². The van der Waals surface area contributed by atoms with Gasteiger partial charge >= 0.3 is 0 Å². The lowest BCUT2D eigenvalue weighted by Gasteiger charge is -2.09. The predicted molar refractivity (Wildman–Crippen MR) is 64.3 cm³/mol. The molecule has 3 nitrogen and oxygen atoms in total. The van der Waals surface area contributed by atoms with Gasteiger partial charge in [-0.2, -0.15) is 0 Å². The van der Waals surface area contributed by atoms with E-state index < -0.39 is 0 Å². The van der Waals surface area contributed by atoms with Crippen molar-refractivity contribution in [2.24, 2.45) is 5.92 Å². The molecule has 0 unspecified atom stereocenters. The molecule has 90 valence electrons. The Hall–Kier alpha value is -0.830. The van der Waals surface area contributed by atoms with E-state index in [-0.39, 0.29) is 0 Å². The zero-order chi connectivity index (χ0) is 11.4. The summed E-state index contributed by atoms with van der Waals surface area (Å²) in [5, 5.41) is 3.43. The maximum Gasteiger partial charge on any atom is 0.181 e. The minimum absolute atomic E-state index is 0.623. The van der Waals surface area contributed by atoms with Gasteiger partial charge in [0.05, 0.1) is 5.69 Å². The second-order valence-electron chi connectivity index (χ2n) is 5.17. The Morgan fingerprint density at radius 3 is 2.88 bits per heavy atom. The van der Waals surface area contributed by atoms with Crippen LogP contribution in [0.2, 0.25) is 0 Å². The minimum Gasteiger partial charge on any atom is -0.448 e. The van der Waals surface area contributed by atoms with Crippen LogP contribution in [0.25, 0.3) is 0 Å². The molecular weight excluding hydrogens is 200 g/mol. The van der Waals surface area contributed by atoms with Crippen LogP contribution in [0, 0.1) is 5.92 Å². The summed E-state index contributed by atoms with van der Waals surface area (Å²) in [6.07, 6.45) is 6.81. The molecule has 3 heteroatoms. The van der Waals surface area contributed by atoms with E-state index in [9.17, 15) is 0 Å². The maximum atomic E-state index is 5.55. The molecule has 0 amide bonds. The molecule has 1 fully saturated rings. The molecule has 1 N–H and O–H groups in total. The van der Waals surface area contributed by atoms with E-state index in [1.165, 1.54) is 25.7 Å². The number of oxazole rings is 1. The smallest absolute Gasteiger partial charge is 0.181 e. The van der Waals surface area contributed by atoms with Gasteiger partial charge in [-0.05, 0) is 25.3 Å². The van der Waals surface area contributed by atoms with Gasteiger partial charge in [-0.15, -0.1) is 0 Å². The highest BCUT2D eigenvalue weighted by atomic mass is 16.3. The molecule has 16 heavy (non-hydrogen) atoms. The van der Waals surface area contributed by atoms with E-state index in [2.05, 4.69) is 24.1 Å². The number of hydrogen-bond donors (Lipinski definition) is 1. The molecular formula is C13H22N2O. The van der Waals surface area contributed by atoms with Gasteiger partial charge in [-0.3, -0.25) is 0 Å². The molecule has 0 aliphatic heterocycles. The van der Waals surface area contributed by atoms with Crippen molar-refractivity contribution in [3.05, 3.63) is 17.8 Å². The van der Waals surface area contributed by atoms with Crippen molar-refractivity contribution in [2.75, 3.05) is 6.54 Å². The Balaban J connectivity index is 1.91. The summed E-state index contributed by atoms with van der Waals surface area (Å²) in [6.45, 7) is 6.32. The first-order valence-corrected chi connectivity index (χ1v) is 6.40. The first kappa shape index (κ1) is 11.6. The number of nitrogens with one attached hydrogen (secondary N) is 1. The van der Waals surface area contributed by atoms with Crippen LogP contribution in [-0.4, -0.2) is 11.5 Å². The van der Waals surface area contributed by atoms with Gasteiger partial charge in [0, 0.05) is 12.5 Å². The second-order valence-corrected chi connectivity index (χ2v) is 5.17. The second kappa shape index (κ2) is 5.48. The van der Waals surface area contributed by atoms with E-state index in [0.29, 0.717) is 11.8 Å². The topological polar surface area (TPSA) is 38.1 Å². The molecule has 0 saturated heterocycles. The lowest BCUT2D eigenvalue weighted by Crippen LogP contribution is -2.20. The summed E-state index contributed by atoms with van der Waals surface area (Å²) in [7, 11) is 0. The van der Waals surface area contributed by atoms with Crippen LogP contribution in [0.5, 0.6) is 0 Å². The number of rotatable bonds is 5. The van der Waals surface area contributed by atoms with Crippen molar-refractivity contribution in [3.63, 3.8) is 0 Å². The molecule has 1 aliphatic rings. The monoisotopic (exact) mass is 222 g/mol. The Kier molecular flexibility index (Phi) is 3.99. The molecule has 2 rings (SSSR count). The fourth-order valence-electron chi connectivity index (χ4n) is 2.41. The number of nitrogens with zero attached hydrogens (tertiary/aromatic N) is 1. The Bertz CT molecular complexity index is 313. The molecule has 0 atom stereocenters. The largest absolute Gasteiger partial charge is 0.448 e. The zero-order valence-electron chi connectivity index (χ0n) is 10.3. The third-order valence-corrected chi connectivity index (χ3v) is 3.24. The summed E-state index contributed by atoms with van der Waals surface area (Å²) < 4.78 is 5.55. The maximum absolute atomic E-state index is 5.55. The molecule has 0 bridgehead atoms. The minimum atomic E-state index is 0.623. The summed E-state index contributed by atoms with van der Waals surface area (Å²) in [6, 6.07) is 0. The molecule has 1 aromatic rings. The first-order chi connectivity index (χ1) is 7.77. The van der Waals surface area contributed by atoms with Gasteiger partial charge < -0.3 is 9.73 Å². The van der Waals surface area contributed by atoms with E-state index in [1.54, 1.807) is 6.39 Å². The van der Waals surface area contributed by atoms with Gasteiger partial charge in [0.2, 0.25) is 0 Å². The summed E-state index contributed by atoms with van der Waals surface area (Å²) in [5.74, 6) is 2.44. The molecule has 0 aromatic carbocycles. The van der Waals surface area contributed by atoms with Crippen molar-refractivity contribution in [2.45, 2.75) is 52.0 Å². The Morgan fingerprint density at radius 2 is 2.19 bits per heavy atom. The van der Waals surface area contributed by atoms with Gasteiger partial charge in [-0.25, -0.2) is 4.98 Å². The highest BCUT2D eigenvalue weighted by Crippen LogP contribution is 2.35. The summed E-state index contributed by atoms with van der Waals surface area (Å²) >= 11 is 0. The quantitative estimate of drug-likeness (QED) is 0.832. The number of aromatic nitrogens is 1. The normalized spacial score (nSPS) is 17.4. The Morgan fingerprint density at radius 1 is 1.44 bits per heavy atom. The average Bonchev–Trinajstić information content (AvgIpc) is 2.84. The standard InChI is InChI=1S/C13H22N2O/c1-10(2)7-14-8-12-13(16-9-15-12)11-5-3-4-6-11/h9-11,14H,3-8H2,1-2H3. The van der Waals surface area contributed by atoms with Gasteiger partial charge in [0.15, 0.2) is 6.39 Å². The molecule has 0 radical (unpaired) electrons. The van der Waals surface area contributed by atoms with Crippen LogP contribution in [0.15, 0.2) is 10.8 Å². The van der Waals surface area contributed by atoms with Crippen LogP contribution in [0.4, 0.5) is 0 Å².